The standard InChI is InChI=1S/C8H22O4SSi2.Na/c1-14(2,3)12-15(4,5)8-6-7-13(9,10)11;/h6-8H2,1-5H3,(H,9,10,11);/q;+1/p-1. The topological polar surface area (TPSA) is 66.4 Å². The molecule has 0 rings (SSSR count). The maximum absolute atomic E-state index is 10.4. The van der Waals surface area contributed by atoms with Crippen molar-refractivity contribution in [2.45, 2.75) is 45.2 Å². The quantitative estimate of drug-likeness (QED) is 0.464. The van der Waals surface area contributed by atoms with Gasteiger partial charge in [-0.3, -0.25) is 0 Å². The van der Waals surface area contributed by atoms with Gasteiger partial charge in [0.05, 0.1) is 10.1 Å². The van der Waals surface area contributed by atoms with Crippen molar-refractivity contribution in [3.63, 3.8) is 0 Å². The molecule has 0 aliphatic carbocycles. The number of hydrogen-bond acceptors (Lipinski definition) is 4. The average molecular weight is 292 g/mol. The summed E-state index contributed by atoms with van der Waals surface area (Å²) in [5.41, 5.74) is 0. The van der Waals surface area contributed by atoms with E-state index in [0.717, 1.165) is 6.04 Å². The summed E-state index contributed by atoms with van der Waals surface area (Å²) in [5.74, 6) is -0.265. The van der Waals surface area contributed by atoms with Crippen molar-refractivity contribution < 1.29 is 46.6 Å². The summed E-state index contributed by atoms with van der Waals surface area (Å²) in [6, 6.07) is 0.735. The van der Waals surface area contributed by atoms with Gasteiger partial charge in [0.15, 0.2) is 16.6 Å². The second kappa shape index (κ2) is 7.03. The zero-order valence-corrected chi connectivity index (χ0v) is 16.0. The third-order valence-electron chi connectivity index (χ3n) is 1.76. The van der Waals surface area contributed by atoms with Crippen molar-refractivity contribution in [3.8, 4) is 0 Å². The zero-order valence-electron chi connectivity index (χ0n) is 11.2. The van der Waals surface area contributed by atoms with Gasteiger partial charge in [-0.25, -0.2) is 8.42 Å². The smallest absolute Gasteiger partial charge is 0.748 e. The molecule has 0 amide bonds. The van der Waals surface area contributed by atoms with Crippen LogP contribution in [0.25, 0.3) is 0 Å². The molecule has 8 heteroatoms. The van der Waals surface area contributed by atoms with Gasteiger partial charge in [-0.05, 0) is 45.2 Å². The molecule has 0 saturated carbocycles. The first-order chi connectivity index (χ1) is 6.41. The minimum absolute atomic E-state index is 0. The third-order valence-corrected chi connectivity index (χ3v) is 8.76. The van der Waals surface area contributed by atoms with Gasteiger partial charge in [0.1, 0.15) is 0 Å². The van der Waals surface area contributed by atoms with Crippen molar-refractivity contribution in [1.82, 2.24) is 0 Å². The van der Waals surface area contributed by atoms with Crippen molar-refractivity contribution >= 4 is 26.8 Å². The third kappa shape index (κ3) is 13.4. The van der Waals surface area contributed by atoms with E-state index < -0.39 is 26.8 Å². The van der Waals surface area contributed by atoms with Gasteiger partial charge >= 0.3 is 29.6 Å². The van der Waals surface area contributed by atoms with E-state index in [1.165, 1.54) is 0 Å². The van der Waals surface area contributed by atoms with Crippen molar-refractivity contribution in [1.29, 1.82) is 0 Å². The minimum Gasteiger partial charge on any atom is -0.748 e. The molecule has 0 atom stereocenters. The molecule has 0 fully saturated rings. The first-order valence-electron chi connectivity index (χ1n) is 5.05. The van der Waals surface area contributed by atoms with Crippen molar-refractivity contribution in [2.75, 3.05) is 5.75 Å². The molecule has 16 heavy (non-hydrogen) atoms. The van der Waals surface area contributed by atoms with Crippen LogP contribution in [0.4, 0.5) is 0 Å². The summed E-state index contributed by atoms with van der Waals surface area (Å²) < 4.78 is 37.3. The Balaban J connectivity index is 0. The molecular weight excluding hydrogens is 271 g/mol. The summed E-state index contributed by atoms with van der Waals surface area (Å²) >= 11 is 0. The van der Waals surface area contributed by atoms with E-state index >= 15 is 0 Å². The molecule has 0 aromatic heterocycles. The first kappa shape index (κ1) is 19.6. The molecule has 4 nitrogen and oxygen atoms in total. The molecule has 0 aliphatic rings. The Morgan fingerprint density at radius 1 is 1.12 bits per heavy atom. The fraction of sp³-hybridized carbons (Fsp3) is 1.00. The van der Waals surface area contributed by atoms with Gasteiger partial charge in [-0.15, -0.1) is 0 Å². The first-order valence-corrected chi connectivity index (χ1v) is 13.2. The van der Waals surface area contributed by atoms with E-state index in [1.54, 1.807) is 0 Å². The molecule has 0 aliphatic heterocycles. The molecule has 0 aromatic carbocycles. The Labute approximate surface area is 123 Å². The molecular formula is C8H21NaO4SSi2. The van der Waals surface area contributed by atoms with Gasteiger partial charge in [-0.2, -0.15) is 0 Å². The van der Waals surface area contributed by atoms with E-state index in [4.69, 9.17) is 4.12 Å². The molecule has 0 aromatic rings. The minimum atomic E-state index is -4.06. The summed E-state index contributed by atoms with van der Waals surface area (Å²) in [6.07, 6.45) is 0.426. The maximum atomic E-state index is 10.4. The molecule has 0 bridgehead atoms. The van der Waals surface area contributed by atoms with Crippen LogP contribution >= 0.6 is 0 Å². The van der Waals surface area contributed by atoms with Crippen LogP contribution in [0.2, 0.25) is 38.8 Å². The fourth-order valence-electron chi connectivity index (χ4n) is 1.55. The molecule has 92 valence electrons. The van der Waals surface area contributed by atoms with Crippen LogP contribution in [0.15, 0.2) is 0 Å². The van der Waals surface area contributed by atoms with Gasteiger partial charge < -0.3 is 8.67 Å². The fourth-order valence-corrected chi connectivity index (χ4v) is 10.4. The van der Waals surface area contributed by atoms with E-state index in [2.05, 4.69) is 32.7 Å². The Bertz CT molecular complexity index is 298. The second-order valence-electron chi connectivity index (χ2n) is 5.34. The molecule has 0 N–H and O–H groups in total. The van der Waals surface area contributed by atoms with Crippen LogP contribution in [-0.2, 0) is 14.2 Å². The van der Waals surface area contributed by atoms with Crippen LogP contribution in [0.3, 0.4) is 0 Å². The summed E-state index contributed by atoms with van der Waals surface area (Å²) in [5, 5.41) is 0. The average Bonchev–Trinajstić information content (AvgIpc) is 1.75. The van der Waals surface area contributed by atoms with E-state index in [9.17, 15) is 13.0 Å². The predicted octanol–water partition coefficient (Wildman–Crippen LogP) is -1.02. The van der Waals surface area contributed by atoms with Crippen LogP contribution in [-0.4, -0.2) is 35.4 Å². The van der Waals surface area contributed by atoms with Gasteiger partial charge in [-0.1, -0.05) is 0 Å². The van der Waals surface area contributed by atoms with Crippen LogP contribution in [0.5, 0.6) is 0 Å². The summed E-state index contributed by atoms with van der Waals surface area (Å²) in [7, 11) is -7.40. The SMILES string of the molecule is C[Si](C)(C)O[Si](C)(C)CCCS(=O)(=O)[O-].[Na+]. The number of hydrogen-bond donors (Lipinski definition) is 0. The van der Waals surface area contributed by atoms with Crippen LogP contribution in [0.1, 0.15) is 6.42 Å². The second-order valence-corrected chi connectivity index (χ2v) is 15.9. The van der Waals surface area contributed by atoms with Crippen molar-refractivity contribution in [3.05, 3.63) is 0 Å². The van der Waals surface area contributed by atoms with Crippen LogP contribution < -0.4 is 29.6 Å². The van der Waals surface area contributed by atoms with E-state index in [-0.39, 0.29) is 35.3 Å². The van der Waals surface area contributed by atoms with Gasteiger partial charge in [0, 0.05) is 5.75 Å². The molecule has 0 radical (unpaired) electrons. The Hall–Kier alpha value is 1.30. The molecule has 0 spiro atoms. The summed E-state index contributed by atoms with van der Waals surface area (Å²) in [4.78, 5) is 0. The number of rotatable bonds is 6. The normalized spacial score (nSPS) is 13.4. The van der Waals surface area contributed by atoms with Crippen molar-refractivity contribution in [2.24, 2.45) is 0 Å². The Morgan fingerprint density at radius 3 is 1.88 bits per heavy atom. The van der Waals surface area contributed by atoms with E-state index in [0.29, 0.717) is 6.42 Å². The maximum Gasteiger partial charge on any atom is 1.00 e. The largest absolute Gasteiger partial charge is 1.00 e. The van der Waals surface area contributed by atoms with E-state index in [1.807, 2.05) is 0 Å². The van der Waals surface area contributed by atoms with Gasteiger partial charge in [0.2, 0.25) is 0 Å². The summed E-state index contributed by atoms with van der Waals surface area (Å²) in [6.45, 7) is 10.5. The zero-order chi connectivity index (χ0) is 12.3. The van der Waals surface area contributed by atoms with Crippen LogP contribution in [0, 0.1) is 0 Å². The Kier molecular flexibility index (Phi) is 8.63. The van der Waals surface area contributed by atoms with Gasteiger partial charge in [0.25, 0.3) is 0 Å². The Morgan fingerprint density at radius 2 is 1.56 bits per heavy atom. The predicted molar refractivity (Wildman–Crippen MR) is 65.9 cm³/mol. The molecule has 0 saturated heterocycles. The molecule has 0 heterocycles. The molecule has 0 unspecified atom stereocenters. The monoisotopic (exact) mass is 292 g/mol.